The number of amides is 1. The molecule has 0 aromatic heterocycles. The molecule has 1 amide bonds. The number of carbonyl (C=O) groups excluding carboxylic acids is 1. The van der Waals surface area contributed by atoms with Gasteiger partial charge in [0.15, 0.2) is 0 Å². The van der Waals surface area contributed by atoms with E-state index in [0.29, 0.717) is 11.4 Å². The van der Waals surface area contributed by atoms with Crippen LogP contribution in [0.5, 0.6) is 0 Å². The first-order valence-electron chi connectivity index (χ1n) is 4.94. The van der Waals surface area contributed by atoms with Crippen molar-refractivity contribution in [1.82, 2.24) is 5.32 Å². The number of carboxylic acids is 1. The standard InChI is InChI=1S/C11H11Cl2NO3/c1-2-9(11(16)17)14-10(15)7-5-6(12)3-4-8(7)13/h3-5,9H,2H2,1H3,(H,14,15)(H,16,17)/t9-/m0/s1. The summed E-state index contributed by atoms with van der Waals surface area (Å²) in [5.41, 5.74) is 0.166. The summed E-state index contributed by atoms with van der Waals surface area (Å²) < 4.78 is 0. The first kappa shape index (κ1) is 13.8. The van der Waals surface area contributed by atoms with E-state index in [1.54, 1.807) is 13.0 Å². The second kappa shape index (κ2) is 5.89. The Morgan fingerprint density at radius 2 is 2.06 bits per heavy atom. The molecule has 0 aliphatic rings. The highest BCUT2D eigenvalue weighted by Gasteiger charge is 2.20. The Hall–Kier alpha value is -1.26. The number of carboxylic acid groups (broad SMARTS) is 1. The highest BCUT2D eigenvalue weighted by molar-refractivity contribution is 6.35. The molecule has 1 aromatic carbocycles. The van der Waals surface area contributed by atoms with Gasteiger partial charge in [0.1, 0.15) is 6.04 Å². The Labute approximate surface area is 109 Å². The van der Waals surface area contributed by atoms with E-state index in [0.717, 1.165) is 0 Å². The lowest BCUT2D eigenvalue weighted by Gasteiger charge is -2.13. The van der Waals surface area contributed by atoms with Gasteiger partial charge in [-0.3, -0.25) is 4.79 Å². The first-order chi connectivity index (χ1) is 7.95. The zero-order valence-corrected chi connectivity index (χ0v) is 10.5. The topological polar surface area (TPSA) is 66.4 Å². The van der Waals surface area contributed by atoms with Crippen molar-refractivity contribution in [3.63, 3.8) is 0 Å². The lowest BCUT2D eigenvalue weighted by Crippen LogP contribution is -2.40. The molecule has 0 saturated carbocycles. The Bertz CT molecular complexity index is 448. The van der Waals surface area contributed by atoms with Crippen LogP contribution in [0.2, 0.25) is 10.0 Å². The Morgan fingerprint density at radius 3 is 2.59 bits per heavy atom. The van der Waals surface area contributed by atoms with Crippen molar-refractivity contribution in [2.24, 2.45) is 0 Å². The largest absolute Gasteiger partial charge is 0.480 e. The average Bonchev–Trinajstić information content (AvgIpc) is 2.28. The van der Waals surface area contributed by atoms with Crippen LogP contribution in [-0.4, -0.2) is 23.0 Å². The third-order valence-corrected chi connectivity index (χ3v) is 2.75. The lowest BCUT2D eigenvalue weighted by molar-refractivity contribution is -0.139. The summed E-state index contributed by atoms with van der Waals surface area (Å²) in [6, 6.07) is 3.50. The minimum Gasteiger partial charge on any atom is -0.480 e. The summed E-state index contributed by atoms with van der Waals surface area (Å²) in [4.78, 5) is 22.5. The van der Waals surface area contributed by atoms with Gasteiger partial charge in [-0.1, -0.05) is 30.1 Å². The molecule has 0 unspecified atom stereocenters. The van der Waals surface area contributed by atoms with Gasteiger partial charge >= 0.3 is 5.97 Å². The number of aliphatic carboxylic acids is 1. The van der Waals surface area contributed by atoms with Crippen molar-refractivity contribution in [2.45, 2.75) is 19.4 Å². The molecule has 2 N–H and O–H groups in total. The lowest BCUT2D eigenvalue weighted by atomic mass is 10.1. The number of hydrogen-bond donors (Lipinski definition) is 2. The number of halogens is 2. The van der Waals surface area contributed by atoms with Crippen LogP contribution in [0.15, 0.2) is 18.2 Å². The molecule has 0 aliphatic heterocycles. The maximum Gasteiger partial charge on any atom is 0.326 e. The zero-order chi connectivity index (χ0) is 13.0. The van der Waals surface area contributed by atoms with Crippen LogP contribution in [0, 0.1) is 0 Å². The van der Waals surface area contributed by atoms with Gasteiger partial charge < -0.3 is 10.4 Å². The van der Waals surface area contributed by atoms with Crippen molar-refractivity contribution in [2.75, 3.05) is 0 Å². The molecule has 92 valence electrons. The van der Waals surface area contributed by atoms with Gasteiger partial charge in [-0.05, 0) is 24.6 Å². The smallest absolute Gasteiger partial charge is 0.326 e. The molecule has 1 aromatic rings. The molecule has 0 bridgehead atoms. The maximum atomic E-state index is 11.8. The molecule has 0 fully saturated rings. The van der Waals surface area contributed by atoms with Crippen LogP contribution in [0.1, 0.15) is 23.7 Å². The molecule has 0 radical (unpaired) electrons. The normalized spacial score (nSPS) is 11.9. The molecule has 17 heavy (non-hydrogen) atoms. The molecule has 0 saturated heterocycles. The van der Waals surface area contributed by atoms with Crippen LogP contribution < -0.4 is 5.32 Å². The highest BCUT2D eigenvalue weighted by atomic mass is 35.5. The molecule has 1 rings (SSSR count). The molecule has 0 spiro atoms. The summed E-state index contributed by atoms with van der Waals surface area (Å²) in [5, 5.41) is 11.8. The Morgan fingerprint density at radius 1 is 1.41 bits per heavy atom. The summed E-state index contributed by atoms with van der Waals surface area (Å²) in [6.45, 7) is 1.67. The van der Waals surface area contributed by atoms with Crippen LogP contribution >= 0.6 is 23.2 Å². The number of benzene rings is 1. The first-order valence-corrected chi connectivity index (χ1v) is 5.70. The van der Waals surface area contributed by atoms with Crippen molar-refractivity contribution < 1.29 is 14.7 Å². The summed E-state index contributed by atoms with van der Waals surface area (Å²) in [5.74, 6) is -1.63. The number of carbonyl (C=O) groups is 2. The fourth-order valence-corrected chi connectivity index (χ4v) is 1.62. The van der Waals surface area contributed by atoms with Gasteiger partial charge in [0.05, 0.1) is 10.6 Å². The minimum atomic E-state index is -1.08. The van der Waals surface area contributed by atoms with Crippen LogP contribution in [-0.2, 0) is 4.79 Å². The quantitative estimate of drug-likeness (QED) is 0.888. The average molecular weight is 276 g/mol. The summed E-state index contributed by atoms with van der Waals surface area (Å²) in [6.07, 6.45) is 0.291. The van der Waals surface area contributed by atoms with Gasteiger partial charge in [-0.2, -0.15) is 0 Å². The Balaban J connectivity index is 2.89. The van der Waals surface area contributed by atoms with E-state index in [9.17, 15) is 9.59 Å². The fourth-order valence-electron chi connectivity index (χ4n) is 1.25. The Kier molecular flexibility index (Phi) is 4.78. The molecule has 0 aliphatic carbocycles. The van der Waals surface area contributed by atoms with Gasteiger partial charge in [-0.15, -0.1) is 0 Å². The molecule has 6 heteroatoms. The number of rotatable bonds is 4. The van der Waals surface area contributed by atoms with Crippen molar-refractivity contribution in [1.29, 1.82) is 0 Å². The summed E-state index contributed by atoms with van der Waals surface area (Å²) >= 11 is 11.6. The minimum absolute atomic E-state index is 0.166. The highest BCUT2D eigenvalue weighted by Crippen LogP contribution is 2.20. The molecule has 4 nitrogen and oxygen atoms in total. The molecular weight excluding hydrogens is 265 g/mol. The van der Waals surface area contributed by atoms with Gasteiger partial charge in [-0.25, -0.2) is 4.79 Å². The monoisotopic (exact) mass is 275 g/mol. The van der Waals surface area contributed by atoms with E-state index in [1.807, 2.05) is 0 Å². The van der Waals surface area contributed by atoms with E-state index in [2.05, 4.69) is 5.32 Å². The predicted molar refractivity (Wildman–Crippen MR) is 65.6 cm³/mol. The second-order valence-corrected chi connectivity index (χ2v) is 4.24. The fraction of sp³-hybridized carbons (Fsp3) is 0.273. The number of hydrogen-bond acceptors (Lipinski definition) is 2. The van der Waals surface area contributed by atoms with E-state index in [-0.39, 0.29) is 10.6 Å². The molecule has 1 atom stereocenters. The van der Waals surface area contributed by atoms with Crippen molar-refractivity contribution >= 4 is 35.1 Å². The van der Waals surface area contributed by atoms with Gasteiger partial charge in [0.25, 0.3) is 5.91 Å². The predicted octanol–water partition coefficient (Wildman–Crippen LogP) is 2.59. The molecular formula is C11H11Cl2NO3. The zero-order valence-electron chi connectivity index (χ0n) is 9.04. The van der Waals surface area contributed by atoms with E-state index in [1.165, 1.54) is 12.1 Å². The van der Waals surface area contributed by atoms with Crippen LogP contribution in [0.25, 0.3) is 0 Å². The third-order valence-electron chi connectivity index (χ3n) is 2.18. The maximum absolute atomic E-state index is 11.8. The van der Waals surface area contributed by atoms with Crippen molar-refractivity contribution in [3.05, 3.63) is 33.8 Å². The van der Waals surface area contributed by atoms with Gasteiger partial charge in [0.2, 0.25) is 0 Å². The van der Waals surface area contributed by atoms with Crippen molar-refractivity contribution in [3.8, 4) is 0 Å². The van der Waals surface area contributed by atoms with Crippen LogP contribution in [0.3, 0.4) is 0 Å². The SMILES string of the molecule is CC[C@H](NC(=O)c1cc(Cl)ccc1Cl)C(=O)O. The van der Waals surface area contributed by atoms with Crippen LogP contribution in [0.4, 0.5) is 0 Å². The van der Waals surface area contributed by atoms with E-state index < -0.39 is 17.9 Å². The molecule has 0 heterocycles. The summed E-state index contributed by atoms with van der Waals surface area (Å²) in [7, 11) is 0. The number of nitrogens with one attached hydrogen (secondary N) is 1. The van der Waals surface area contributed by atoms with Gasteiger partial charge in [0, 0.05) is 5.02 Å². The third kappa shape index (κ3) is 3.61. The van der Waals surface area contributed by atoms with E-state index >= 15 is 0 Å². The van der Waals surface area contributed by atoms with E-state index in [4.69, 9.17) is 28.3 Å². The second-order valence-electron chi connectivity index (χ2n) is 3.40.